The molecule has 6 rings (SSSR count). The van der Waals surface area contributed by atoms with Gasteiger partial charge in [0, 0.05) is 18.7 Å². The number of hydrogen-bond acceptors (Lipinski definition) is 10. The van der Waals surface area contributed by atoms with Crippen LogP contribution < -0.4 is 15.8 Å². The summed E-state index contributed by atoms with van der Waals surface area (Å²) in [6.07, 6.45) is 4.20. The number of methoxy groups -OCH3 is 1. The second-order valence-electron chi connectivity index (χ2n) is 10.4. The molecule has 1 aliphatic heterocycles. The zero-order valence-corrected chi connectivity index (χ0v) is 23.7. The van der Waals surface area contributed by atoms with Gasteiger partial charge < -0.3 is 25.8 Å². The molecule has 1 saturated heterocycles. The molecule has 2 aromatic carbocycles. The van der Waals surface area contributed by atoms with Gasteiger partial charge in [-0.2, -0.15) is 14.9 Å². The number of amides is 2. The van der Waals surface area contributed by atoms with E-state index in [1.165, 1.54) is 38.2 Å². The minimum Gasteiger partial charge on any atom is -0.496 e. The fourth-order valence-corrected chi connectivity index (χ4v) is 5.37. The maximum atomic E-state index is 13.7. The largest absolute Gasteiger partial charge is 0.496 e. The minimum atomic E-state index is -0.573. The Morgan fingerprint density at radius 1 is 1.16 bits per heavy atom. The first-order chi connectivity index (χ1) is 21.3. The highest BCUT2D eigenvalue weighted by Crippen LogP contribution is 2.31. The minimum absolute atomic E-state index is 0.101. The quantitative estimate of drug-likeness (QED) is 0.251. The fourth-order valence-electron chi connectivity index (χ4n) is 5.37. The van der Waals surface area contributed by atoms with Crippen LogP contribution in [0.2, 0.25) is 0 Å². The van der Waals surface area contributed by atoms with Gasteiger partial charge in [-0.1, -0.05) is 24.3 Å². The first kappa shape index (κ1) is 28.7. The van der Waals surface area contributed by atoms with Crippen LogP contribution in [0.1, 0.15) is 28.8 Å². The highest BCUT2D eigenvalue weighted by molar-refractivity contribution is 5.98. The lowest BCUT2D eigenvalue weighted by Crippen LogP contribution is -2.51. The summed E-state index contributed by atoms with van der Waals surface area (Å²) in [5.41, 5.74) is 8.95. The number of aliphatic hydroxyl groups is 1. The van der Waals surface area contributed by atoms with Crippen molar-refractivity contribution in [2.24, 2.45) is 0 Å². The molecule has 0 bridgehead atoms. The first-order valence-corrected chi connectivity index (χ1v) is 13.8. The molecule has 2 atom stereocenters. The Morgan fingerprint density at radius 3 is 2.73 bits per heavy atom. The van der Waals surface area contributed by atoms with Crippen molar-refractivity contribution in [1.82, 2.24) is 44.7 Å². The van der Waals surface area contributed by atoms with Gasteiger partial charge in [0.25, 0.3) is 5.91 Å². The van der Waals surface area contributed by atoms with E-state index in [0.29, 0.717) is 36.1 Å². The third-order valence-corrected chi connectivity index (χ3v) is 7.58. The highest BCUT2D eigenvalue weighted by Gasteiger charge is 2.33. The van der Waals surface area contributed by atoms with Crippen LogP contribution in [-0.2, 0) is 13.1 Å². The van der Waals surface area contributed by atoms with Gasteiger partial charge in [-0.15, -0.1) is 0 Å². The van der Waals surface area contributed by atoms with Gasteiger partial charge in [-0.25, -0.2) is 28.8 Å². The number of nitrogens with zero attached hydrogens (tertiary/aromatic N) is 8. The van der Waals surface area contributed by atoms with Crippen molar-refractivity contribution < 1.29 is 23.8 Å². The van der Waals surface area contributed by atoms with Gasteiger partial charge in [-0.05, 0) is 36.6 Å². The maximum absolute atomic E-state index is 13.7. The fraction of sp³-hybridized carbons (Fsp3) is 0.276. The van der Waals surface area contributed by atoms with Crippen LogP contribution in [0.3, 0.4) is 0 Å². The molecule has 4 heterocycles. The molecule has 0 radical (unpaired) electrons. The zero-order valence-electron chi connectivity index (χ0n) is 23.7. The van der Waals surface area contributed by atoms with Crippen LogP contribution in [-0.4, -0.2) is 82.3 Å². The highest BCUT2D eigenvalue weighted by atomic mass is 19.1. The van der Waals surface area contributed by atoms with Crippen molar-refractivity contribution in [3.63, 3.8) is 0 Å². The summed E-state index contributed by atoms with van der Waals surface area (Å²) in [6.45, 7) is 0.786. The monoisotopic (exact) mass is 600 g/mol. The summed E-state index contributed by atoms with van der Waals surface area (Å²) in [5.74, 6) is -0.486. The van der Waals surface area contributed by atoms with E-state index in [0.717, 1.165) is 21.9 Å². The number of aliphatic hydroxyl groups excluding tert-OH is 1. The Kier molecular flexibility index (Phi) is 7.85. The number of anilines is 1. The summed E-state index contributed by atoms with van der Waals surface area (Å²) in [5, 5.41) is 22.6. The number of aromatic nitrogens is 7. The Bertz CT molecular complexity index is 1810. The number of rotatable bonds is 7. The molecule has 44 heavy (non-hydrogen) atoms. The Labute approximate surface area is 250 Å². The second kappa shape index (κ2) is 12.0. The van der Waals surface area contributed by atoms with Crippen molar-refractivity contribution in [2.45, 2.75) is 38.1 Å². The summed E-state index contributed by atoms with van der Waals surface area (Å²) < 4.78 is 21.7. The molecular formula is C29H29FN10O4. The van der Waals surface area contributed by atoms with E-state index >= 15 is 0 Å². The van der Waals surface area contributed by atoms with E-state index in [-0.39, 0.29) is 36.3 Å². The zero-order chi connectivity index (χ0) is 30.8. The van der Waals surface area contributed by atoms with Crippen LogP contribution in [0.4, 0.5) is 15.0 Å². The number of fused-ring (bicyclic) bond motifs is 1. The number of nitrogens with two attached hydrogens (primary N) is 1. The van der Waals surface area contributed by atoms with E-state index in [2.05, 4.69) is 25.4 Å². The van der Waals surface area contributed by atoms with Gasteiger partial charge in [-0.3, -0.25) is 4.79 Å². The van der Waals surface area contributed by atoms with Crippen LogP contribution >= 0.6 is 0 Å². The number of carbonyl (C=O) groups is 2. The van der Waals surface area contributed by atoms with Gasteiger partial charge in [0.05, 0.1) is 36.8 Å². The Balaban J connectivity index is 1.24. The molecule has 2 unspecified atom stereocenters. The van der Waals surface area contributed by atoms with Crippen molar-refractivity contribution in [2.75, 3.05) is 19.4 Å². The molecular weight excluding hydrogens is 571 g/mol. The van der Waals surface area contributed by atoms with Crippen molar-refractivity contribution >= 4 is 28.8 Å². The Hall–Kier alpha value is -5.44. The summed E-state index contributed by atoms with van der Waals surface area (Å²) in [4.78, 5) is 40.0. The topological polar surface area (TPSA) is 179 Å². The molecule has 0 spiro atoms. The Morgan fingerprint density at radius 2 is 1.98 bits per heavy atom. The maximum Gasteiger partial charge on any atom is 0.346 e. The van der Waals surface area contributed by atoms with E-state index < -0.39 is 23.9 Å². The molecule has 226 valence electrons. The number of nitrogens with one attached hydrogen (secondary N) is 1. The molecule has 3 aromatic heterocycles. The second-order valence-corrected chi connectivity index (χ2v) is 10.4. The first-order valence-electron chi connectivity index (χ1n) is 13.8. The number of ether oxygens (including phenoxy) is 1. The van der Waals surface area contributed by atoms with E-state index in [9.17, 15) is 19.1 Å². The van der Waals surface area contributed by atoms with Crippen LogP contribution in [0.15, 0.2) is 61.4 Å². The van der Waals surface area contributed by atoms with Crippen LogP contribution in [0, 0.1) is 5.82 Å². The van der Waals surface area contributed by atoms with Crippen molar-refractivity contribution in [3.8, 4) is 17.0 Å². The van der Waals surface area contributed by atoms with Crippen molar-refractivity contribution in [1.29, 1.82) is 0 Å². The number of benzene rings is 2. The molecule has 1 aliphatic rings. The summed E-state index contributed by atoms with van der Waals surface area (Å²) in [7, 11) is 1.42. The predicted molar refractivity (Wildman–Crippen MR) is 156 cm³/mol. The number of halogens is 1. The molecule has 4 N–H and O–H groups in total. The van der Waals surface area contributed by atoms with Crippen LogP contribution in [0.25, 0.3) is 22.3 Å². The SMILES string of the molecule is COc1ccc(F)cc1C(=O)NCc1ccc(-c2nn(CC3CC(O)CCN3C(=O)n3cncn3)c3ncnc(N)c23)cc1. The number of hydrogen-bond donors (Lipinski definition) is 3. The standard InChI is InChI=1S/C29H29FN10O4/c1-44-23-7-6-19(30)10-22(23)28(42)33-12-17-2-4-18(5-3-17)25-24-26(31)34-15-35-27(24)39(37-25)13-20-11-21(41)8-9-38(20)29(43)40-16-32-14-36-40/h2-7,10,14-16,20-21,41H,8-9,11-13H2,1H3,(H,33,42)(H2,31,34,35). The van der Waals surface area contributed by atoms with E-state index in [1.807, 2.05) is 24.3 Å². The van der Waals surface area contributed by atoms with Gasteiger partial charge in [0.2, 0.25) is 0 Å². The predicted octanol–water partition coefficient (Wildman–Crippen LogP) is 2.24. The lowest BCUT2D eigenvalue weighted by atomic mass is 10.00. The molecule has 0 saturated carbocycles. The average Bonchev–Trinajstić information content (AvgIpc) is 3.70. The third-order valence-electron chi connectivity index (χ3n) is 7.58. The number of carbonyl (C=O) groups excluding carboxylic acids is 2. The molecule has 0 aliphatic carbocycles. The molecule has 1 fully saturated rings. The van der Waals surface area contributed by atoms with Gasteiger partial charge in [0.15, 0.2) is 5.65 Å². The molecule has 5 aromatic rings. The molecule has 14 nitrogen and oxygen atoms in total. The van der Waals surface area contributed by atoms with Gasteiger partial charge in [0.1, 0.15) is 42.1 Å². The normalized spacial score (nSPS) is 16.7. The average molecular weight is 601 g/mol. The van der Waals surface area contributed by atoms with E-state index in [4.69, 9.17) is 15.6 Å². The third kappa shape index (κ3) is 5.64. The smallest absolute Gasteiger partial charge is 0.346 e. The van der Waals surface area contributed by atoms with Crippen LogP contribution in [0.5, 0.6) is 5.75 Å². The van der Waals surface area contributed by atoms with E-state index in [1.54, 1.807) is 9.58 Å². The number of likely N-dealkylation sites (tertiary alicyclic amines) is 1. The van der Waals surface area contributed by atoms with Gasteiger partial charge >= 0.3 is 6.03 Å². The molecule has 15 heteroatoms. The summed E-state index contributed by atoms with van der Waals surface area (Å²) in [6, 6.07) is 10.4. The lowest BCUT2D eigenvalue weighted by molar-refractivity contribution is 0.0517. The van der Waals surface area contributed by atoms with Crippen molar-refractivity contribution in [3.05, 3.63) is 78.4 Å². The lowest BCUT2D eigenvalue weighted by Gasteiger charge is -2.37. The molecule has 2 amide bonds. The summed E-state index contributed by atoms with van der Waals surface area (Å²) >= 11 is 0. The number of nitrogen functional groups attached to an aromatic ring is 1. The number of piperidine rings is 1.